The predicted molar refractivity (Wildman–Crippen MR) is 91.4 cm³/mol. The normalized spacial score (nSPS) is 10.0. The molecular formula is C18H21NO5. The SMILES string of the molecule is COc1cc(NC(=O)Cc2ccc(OC)cc2OC)cc(OC)c1. The van der Waals surface area contributed by atoms with E-state index in [9.17, 15) is 4.79 Å². The van der Waals surface area contributed by atoms with E-state index in [1.807, 2.05) is 6.07 Å². The van der Waals surface area contributed by atoms with Crippen molar-refractivity contribution in [2.75, 3.05) is 33.8 Å². The van der Waals surface area contributed by atoms with Crippen molar-refractivity contribution in [3.05, 3.63) is 42.0 Å². The van der Waals surface area contributed by atoms with Crippen molar-refractivity contribution in [3.8, 4) is 23.0 Å². The first-order valence-corrected chi connectivity index (χ1v) is 7.33. The van der Waals surface area contributed by atoms with E-state index in [1.165, 1.54) is 0 Å². The second-order valence-electron chi connectivity index (χ2n) is 5.00. The molecule has 1 N–H and O–H groups in total. The molecule has 1 amide bonds. The van der Waals surface area contributed by atoms with Crippen LogP contribution >= 0.6 is 0 Å². The summed E-state index contributed by atoms with van der Waals surface area (Å²) in [5.74, 6) is 2.31. The van der Waals surface area contributed by atoms with Gasteiger partial charge in [0.1, 0.15) is 23.0 Å². The van der Waals surface area contributed by atoms with Gasteiger partial charge in [-0.3, -0.25) is 4.79 Å². The molecule has 0 spiro atoms. The summed E-state index contributed by atoms with van der Waals surface area (Å²) in [6.07, 6.45) is 0.173. The molecule has 2 aromatic carbocycles. The zero-order valence-corrected chi connectivity index (χ0v) is 14.2. The summed E-state index contributed by atoms with van der Waals surface area (Å²) in [5, 5.41) is 2.83. The average molecular weight is 331 g/mol. The summed E-state index contributed by atoms with van der Waals surface area (Å²) in [5.41, 5.74) is 1.37. The van der Waals surface area contributed by atoms with Crippen molar-refractivity contribution in [1.82, 2.24) is 0 Å². The van der Waals surface area contributed by atoms with Crippen LogP contribution in [0.3, 0.4) is 0 Å². The number of methoxy groups -OCH3 is 4. The van der Waals surface area contributed by atoms with E-state index in [4.69, 9.17) is 18.9 Å². The van der Waals surface area contributed by atoms with Crippen molar-refractivity contribution in [3.63, 3.8) is 0 Å². The second kappa shape index (κ2) is 8.10. The Morgan fingerprint density at radius 3 is 2.00 bits per heavy atom. The number of carbonyl (C=O) groups excluding carboxylic acids is 1. The quantitative estimate of drug-likeness (QED) is 0.845. The summed E-state index contributed by atoms with van der Waals surface area (Å²) < 4.78 is 20.9. The van der Waals surface area contributed by atoms with E-state index < -0.39 is 0 Å². The van der Waals surface area contributed by atoms with Crippen LogP contribution in [0.25, 0.3) is 0 Å². The van der Waals surface area contributed by atoms with Gasteiger partial charge in [-0.05, 0) is 6.07 Å². The third kappa shape index (κ3) is 4.32. The summed E-state index contributed by atoms with van der Waals surface area (Å²) >= 11 is 0. The monoisotopic (exact) mass is 331 g/mol. The molecule has 0 saturated carbocycles. The highest BCUT2D eigenvalue weighted by Gasteiger charge is 2.11. The molecule has 0 unspecified atom stereocenters. The summed E-state index contributed by atoms with van der Waals surface area (Å²) in [4.78, 5) is 12.3. The molecule has 2 rings (SSSR count). The first-order chi connectivity index (χ1) is 11.6. The first-order valence-electron chi connectivity index (χ1n) is 7.33. The number of hydrogen-bond donors (Lipinski definition) is 1. The molecular weight excluding hydrogens is 310 g/mol. The molecule has 0 heterocycles. The Morgan fingerprint density at radius 1 is 0.833 bits per heavy atom. The molecule has 0 aromatic heterocycles. The summed E-state index contributed by atoms with van der Waals surface area (Å²) in [6, 6.07) is 10.5. The van der Waals surface area contributed by atoms with Crippen LogP contribution in [0.4, 0.5) is 5.69 Å². The molecule has 0 fully saturated rings. The van der Waals surface area contributed by atoms with Crippen LogP contribution < -0.4 is 24.3 Å². The van der Waals surface area contributed by atoms with Gasteiger partial charge in [-0.15, -0.1) is 0 Å². The fraction of sp³-hybridized carbons (Fsp3) is 0.278. The number of nitrogens with one attached hydrogen (secondary N) is 1. The fourth-order valence-electron chi connectivity index (χ4n) is 2.26. The Hall–Kier alpha value is -2.89. The molecule has 6 nitrogen and oxygen atoms in total. The highest BCUT2D eigenvalue weighted by atomic mass is 16.5. The molecule has 0 radical (unpaired) electrons. The number of benzene rings is 2. The molecule has 24 heavy (non-hydrogen) atoms. The molecule has 0 bridgehead atoms. The largest absolute Gasteiger partial charge is 0.497 e. The van der Waals surface area contributed by atoms with Crippen LogP contribution in [-0.4, -0.2) is 34.3 Å². The van der Waals surface area contributed by atoms with Crippen molar-refractivity contribution in [2.45, 2.75) is 6.42 Å². The third-order valence-electron chi connectivity index (χ3n) is 3.48. The van der Waals surface area contributed by atoms with Gasteiger partial charge in [0.25, 0.3) is 0 Å². The maximum absolute atomic E-state index is 12.3. The minimum atomic E-state index is -0.172. The topological polar surface area (TPSA) is 66.0 Å². The van der Waals surface area contributed by atoms with E-state index in [0.29, 0.717) is 28.7 Å². The zero-order chi connectivity index (χ0) is 17.5. The summed E-state index contributed by atoms with van der Waals surface area (Å²) in [7, 11) is 6.26. The van der Waals surface area contributed by atoms with Crippen molar-refractivity contribution in [1.29, 1.82) is 0 Å². The molecule has 0 saturated heterocycles. The molecule has 0 aliphatic carbocycles. The average Bonchev–Trinajstić information content (AvgIpc) is 2.61. The predicted octanol–water partition coefficient (Wildman–Crippen LogP) is 2.90. The lowest BCUT2D eigenvalue weighted by Gasteiger charge is -2.12. The Balaban J connectivity index is 2.14. The van der Waals surface area contributed by atoms with Crippen molar-refractivity contribution < 1.29 is 23.7 Å². The summed E-state index contributed by atoms with van der Waals surface area (Å²) in [6.45, 7) is 0. The molecule has 0 aliphatic heterocycles. The molecule has 0 aliphatic rings. The van der Waals surface area contributed by atoms with E-state index >= 15 is 0 Å². The smallest absolute Gasteiger partial charge is 0.228 e. The Kier molecular flexibility index (Phi) is 5.89. The second-order valence-corrected chi connectivity index (χ2v) is 5.00. The van der Waals surface area contributed by atoms with Gasteiger partial charge in [-0.25, -0.2) is 0 Å². The van der Waals surface area contributed by atoms with Crippen molar-refractivity contribution in [2.24, 2.45) is 0 Å². The van der Waals surface area contributed by atoms with Gasteiger partial charge in [0.15, 0.2) is 0 Å². The van der Waals surface area contributed by atoms with Gasteiger partial charge in [0.2, 0.25) is 5.91 Å². The van der Waals surface area contributed by atoms with Crippen molar-refractivity contribution >= 4 is 11.6 Å². The number of amides is 1. The van der Waals surface area contributed by atoms with Crippen LogP contribution in [0.2, 0.25) is 0 Å². The molecule has 6 heteroatoms. The van der Waals surface area contributed by atoms with Gasteiger partial charge >= 0.3 is 0 Å². The number of anilines is 1. The zero-order valence-electron chi connectivity index (χ0n) is 14.2. The lowest BCUT2D eigenvalue weighted by Crippen LogP contribution is -2.15. The van der Waals surface area contributed by atoms with Crippen LogP contribution in [0.5, 0.6) is 23.0 Å². The maximum atomic E-state index is 12.3. The highest BCUT2D eigenvalue weighted by molar-refractivity contribution is 5.93. The van der Waals surface area contributed by atoms with Crippen LogP contribution in [0.1, 0.15) is 5.56 Å². The first kappa shape index (κ1) is 17.5. The number of ether oxygens (including phenoxy) is 4. The lowest BCUT2D eigenvalue weighted by molar-refractivity contribution is -0.115. The van der Waals surface area contributed by atoms with E-state index in [1.54, 1.807) is 58.8 Å². The Morgan fingerprint density at radius 2 is 1.46 bits per heavy atom. The minimum Gasteiger partial charge on any atom is -0.497 e. The number of hydrogen-bond acceptors (Lipinski definition) is 5. The fourth-order valence-corrected chi connectivity index (χ4v) is 2.26. The Bertz CT molecular complexity index is 692. The van der Waals surface area contributed by atoms with Crippen LogP contribution in [0.15, 0.2) is 36.4 Å². The van der Waals surface area contributed by atoms with E-state index in [2.05, 4.69) is 5.32 Å². The number of rotatable bonds is 7. The minimum absolute atomic E-state index is 0.172. The van der Waals surface area contributed by atoms with E-state index in [0.717, 1.165) is 5.56 Å². The highest BCUT2D eigenvalue weighted by Crippen LogP contribution is 2.27. The molecule has 128 valence electrons. The van der Waals surface area contributed by atoms with E-state index in [-0.39, 0.29) is 12.3 Å². The van der Waals surface area contributed by atoms with Gasteiger partial charge in [-0.1, -0.05) is 6.07 Å². The molecule has 2 aromatic rings. The van der Waals surface area contributed by atoms with Crippen LogP contribution in [-0.2, 0) is 11.2 Å². The maximum Gasteiger partial charge on any atom is 0.228 e. The van der Waals surface area contributed by atoms with Gasteiger partial charge in [-0.2, -0.15) is 0 Å². The number of carbonyl (C=O) groups is 1. The lowest BCUT2D eigenvalue weighted by atomic mass is 10.1. The standard InChI is InChI=1S/C18H21NO5/c1-21-14-6-5-12(17(11-14)24-4)7-18(20)19-13-8-15(22-2)10-16(9-13)23-3/h5-6,8-11H,7H2,1-4H3,(H,19,20). The molecule has 0 atom stereocenters. The van der Waals surface area contributed by atoms with Gasteiger partial charge in [0, 0.05) is 35.5 Å². The third-order valence-corrected chi connectivity index (χ3v) is 3.48. The Labute approximate surface area is 141 Å². The van der Waals surface area contributed by atoms with Gasteiger partial charge < -0.3 is 24.3 Å². The van der Waals surface area contributed by atoms with Gasteiger partial charge in [0.05, 0.1) is 34.9 Å². The van der Waals surface area contributed by atoms with Crippen LogP contribution in [0, 0.1) is 0 Å².